The first-order valence-corrected chi connectivity index (χ1v) is 6.62. The van der Waals surface area contributed by atoms with Crippen molar-refractivity contribution in [2.24, 2.45) is 11.7 Å². The van der Waals surface area contributed by atoms with Crippen molar-refractivity contribution in [2.45, 2.75) is 64.0 Å². The zero-order valence-electron chi connectivity index (χ0n) is 10.3. The second kappa shape index (κ2) is 4.42. The first-order chi connectivity index (χ1) is 7.15. The van der Waals surface area contributed by atoms with Gasteiger partial charge in [0.25, 0.3) is 0 Å². The van der Waals surface area contributed by atoms with Crippen molar-refractivity contribution in [1.29, 1.82) is 0 Å². The molecule has 0 bridgehead atoms. The molecular formula is C13H26N2. The van der Waals surface area contributed by atoms with Gasteiger partial charge in [0.2, 0.25) is 0 Å². The molecule has 0 spiro atoms. The topological polar surface area (TPSA) is 29.3 Å². The van der Waals surface area contributed by atoms with Crippen LogP contribution in [0.5, 0.6) is 0 Å². The molecule has 2 nitrogen and oxygen atoms in total. The van der Waals surface area contributed by atoms with Gasteiger partial charge in [-0.05, 0) is 52.0 Å². The van der Waals surface area contributed by atoms with E-state index in [-0.39, 0.29) is 0 Å². The molecule has 0 aromatic heterocycles. The van der Waals surface area contributed by atoms with Gasteiger partial charge in [-0.3, -0.25) is 4.90 Å². The molecule has 2 N–H and O–H groups in total. The van der Waals surface area contributed by atoms with Gasteiger partial charge in [0.15, 0.2) is 0 Å². The molecule has 1 atom stereocenters. The fourth-order valence-electron chi connectivity index (χ4n) is 3.66. The van der Waals surface area contributed by atoms with E-state index in [9.17, 15) is 0 Å². The highest BCUT2D eigenvalue weighted by Crippen LogP contribution is 2.37. The molecule has 1 aliphatic carbocycles. The predicted octanol–water partition coefficient (Wildman–Crippen LogP) is 2.38. The summed E-state index contributed by atoms with van der Waals surface area (Å²) in [5.74, 6) is 0.882. The van der Waals surface area contributed by atoms with Crippen LogP contribution in [-0.4, -0.2) is 29.6 Å². The molecule has 2 aliphatic rings. The Morgan fingerprint density at radius 3 is 2.40 bits per heavy atom. The lowest BCUT2D eigenvalue weighted by Crippen LogP contribution is -2.51. The van der Waals surface area contributed by atoms with Gasteiger partial charge in [-0.2, -0.15) is 0 Å². The number of hydrogen-bond acceptors (Lipinski definition) is 2. The molecule has 1 saturated heterocycles. The highest BCUT2D eigenvalue weighted by atomic mass is 15.2. The van der Waals surface area contributed by atoms with E-state index in [1.54, 1.807) is 0 Å². The van der Waals surface area contributed by atoms with Gasteiger partial charge in [-0.25, -0.2) is 0 Å². The van der Waals surface area contributed by atoms with E-state index in [0.29, 0.717) is 11.6 Å². The lowest BCUT2D eigenvalue weighted by Gasteiger charge is -2.41. The van der Waals surface area contributed by atoms with Crippen LogP contribution in [0, 0.1) is 5.92 Å². The maximum absolute atomic E-state index is 6.01. The number of rotatable bonds is 3. The van der Waals surface area contributed by atoms with Crippen LogP contribution in [0.15, 0.2) is 0 Å². The molecular weight excluding hydrogens is 184 g/mol. The van der Waals surface area contributed by atoms with Crippen LogP contribution >= 0.6 is 0 Å². The molecule has 2 heteroatoms. The third kappa shape index (κ3) is 2.21. The van der Waals surface area contributed by atoms with Crippen molar-refractivity contribution < 1.29 is 0 Å². The van der Waals surface area contributed by atoms with Gasteiger partial charge < -0.3 is 5.73 Å². The molecule has 0 radical (unpaired) electrons. The normalized spacial score (nSPS) is 29.8. The summed E-state index contributed by atoms with van der Waals surface area (Å²) in [5, 5.41) is 0. The monoisotopic (exact) mass is 210 g/mol. The van der Waals surface area contributed by atoms with E-state index in [1.807, 2.05) is 0 Å². The van der Waals surface area contributed by atoms with Crippen molar-refractivity contribution in [3.05, 3.63) is 0 Å². The molecule has 2 rings (SSSR count). The molecule has 1 heterocycles. The fourth-order valence-corrected chi connectivity index (χ4v) is 3.66. The highest BCUT2D eigenvalue weighted by Gasteiger charge is 2.39. The quantitative estimate of drug-likeness (QED) is 0.775. The Morgan fingerprint density at radius 1 is 1.27 bits per heavy atom. The van der Waals surface area contributed by atoms with Crippen molar-refractivity contribution in [3.8, 4) is 0 Å². The average Bonchev–Trinajstić information content (AvgIpc) is 2.78. The van der Waals surface area contributed by atoms with Crippen molar-refractivity contribution in [2.75, 3.05) is 13.1 Å². The zero-order chi connectivity index (χ0) is 10.9. The average molecular weight is 210 g/mol. The standard InChI is InChI=1S/C13H26N2/c1-13(2)8-5-9-15(13)12(10-14)11-6-3-4-7-11/h11-12H,3-10,14H2,1-2H3. The van der Waals surface area contributed by atoms with Gasteiger partial charge in [-0.1, -0.05) is 12.8 Å². The lowest BCUT2D eigenvalue weighted by atomic mass is 9.92. The Morgan fingerprint density at radius 2 is 1.93 bits per heavy atom. The largest absolute Gasteiger partial charge is 0.329 e. The maximum Gasteiger partial charge on any atom is 0.0251 e. The van der Waals surface area contributed by atoms with Crippen molar-refractivity contribution in [1.82, 2.24) is 4.90 Å². The summed E-state index contributed by atoms with van der Waals surface area (Å²) >= 11 is 0. The van der Waals surface area contributed by atoms with Gasteiger partial charge in [0.05, 0.1) is 0 Å². The van der Waals surface area contributed by atoms with E-state index < -0.39 is 0 Å². The van der Waals surface area contributed by atoms with Crippen LogP contribution < -0.4 is 5.73 Å². The van der Waals surface area contributed by atoms with E-state index in [2.05, 4.69) is 18.7 Å². The molecule has 0 amide bonds. The third-order valence-electron chi connectivity index (χ3n) is 4.55. The van der Waals surface area contributed by atoms with Gasteiger partial charge in [0, 0.05) is 18.1 Å². The molecule has 88 valence electrons. The molecule has 15 heavy (non-hydrogen) atoms. The summed E-state index contributed by atoms with van der Waals surface area (Å²) in [5.41, 5.74) is 6.41. The van der Waals surface area contributed by atoms with Gasteiger partial charge >= 0.3 is 0 Å². The summed E-state index contributed by atoms with van der Waals surface area (Å²) in [6.45, 7) is 6.90. The third-order valence-corrected chi connectivity index (χ3v) is 4.55. The van der Waals surface area contributed by atoms with E-state index in [1.165, 1.54) is 45.1 Å². The van der Waals surface area contributed by atoms with Crippen LogP contribution in [0.4, 0.5) is 0 Å². The summed E-state index contributed by atoms with van der Waals surface area (Å²) in [6, 6.07) is 0.657. The maximum atomic E-state index is 6.01. The summed E-state index contributed by atoms with van der Waals surface area (Å²) in [7, 11) is 0. The zero-order valence-corrected chi connectivity index (χ0v) is 10.3. The minimum atomic E-state index is 0.395. The SMILES string of the molecule is CC1(C)CCCN1C(CN)C1CCCC1. The van der Waals surface area contributed by atoms with Gasteiger partial charge in [0.1, 0.15) is 0 Å². The summed E-state index contributed by atoms with van der Waals surface area (Å²) < 4.78 is 0. The van der Waals surface area contributed by atoms with E-state index >= 15 is 0 Å². The Balaban J connectivity index is 2.05. The number of nitrogens with two attached hydrogens (primary N) is 1. The first kappa shape index (κ1) is 11.4. The lowest BCUT2D eigenvalue weighted by molar-refractivity contribution is 0.0823. The molecule has 1 saturated carbocycles. The van der Waals surface area contributed by atoms with Crippen LogP contribution in [0.1, 0.15) is 52.4 Å². The minimum Gasteiger partial charge on any atom is -0.329 e. The molecule has 2 fully saturated rings. The van der Waals surface area contributed by atoms with Crippen molar-refractivity contribution >= 4 is 0 Å². The molecule has 1 aliphatic heterocycles. The number of nitrogens with zero attached hydrogens (tertiary/aromatic N) is 1. The second-order valence-corrected chi connectivity index (χ2v) is 5.96. The Bertz CT molecular complexity index is 207. The van der Waals surface area contributed by atoms with Crippen LogP contribution in [0.25, 0.3) is 0 Å². The molecule has 1 unspecified atom stereocenters. The first-order valence-electron chi connectivity index (χ1n) is 6.62. The minimum absolute atomic E-state index is 0.395. The van der Waals surface area contributed by atoms with Crippen molar-refractivity contribution in [3.63, 3.8) is 0 Å². The van der Waals surface area contributed by atoms with E-state index in [4.69, 9.17) is 5.73 Å². The Hall–Kier alpha value is -0.0800. The van der Waals surface area contributed by atoms with Crippen LogP contribution in [0.2, 0.25) is 0 Å². The molecule has 0 aromatic rings. The number of likely N-dealkylation sites (tertiary alicyclic amines) is 1. The number of hydrogen-bond donors (Lipinski definition) is 1. The highest BCUT2D eigenvalue weighted by molar-refractivity contribution is 4.95. The van der Waals surface area contributed by atoms with E-state index in [0.717, 1.165) is 12.5 Å². The molecule has 0 aromatic carbocycles. The van der Waals surface area contributed by atoms with Gasteiger partial charge in [-0.15, -0.1) is 0 Å². The Kier molecular flexibility index (Phi) is 3.36. The summed E-state index contributed by atoms with van der Waals surface area (Å²) in [4.78, 5) is 2.70. The smallest absolute Gasteiger partial charge is 0.0251 e. The van der Waals surface area contributed by atoms with Crippen LogP contribution in [0.3, 0.4) is 0 Å². The fraction of sp³-hybridized carbons (Fsp3) is 1.00. The predicted molar refractivity (Wildman–Crippen MR) is 64.8 cm³/mol. The summed E-state index contributed by atoms with van der Waals surface area (Å²) in [6.07, 6.45) is 8.38. The van der Waals surface area contributed by atoms with Crippen LogP contribution in [-0.2, 0) is 0 Å². The second-order valence-electron chi connectivity index (χ2n) is 5.96. The Labute approximate surface area is 94.2 Å².